The molecular weight excluding hydrogens is 357 g/mol. The predicted octanol–water partition coefficient (Wildman–Crippen LogP) is 1.92. The van der Waals surface area contributed by atoms with Crippen LogP contribution in [0.5, 0.6) is 0 Å². The molecule has 2 aromatic rings. The maximum absolute atomic E-state index is 13.2. The fourth-order valence-electron chi connectivity index (χ4n) is 3.40. The monoisotopic (exact) mass is 377 g/mol. The van der Waals surface area contributed by atoms with Gasteiger partial charge in [0.15, 0.2) is 0 Å². The van der Waals surface area contributed by atoms with Gasteiger partial charge in [0.25, 0.3) is 5.91 Å². The highest BCUT2D eigenvalue weighted by Crippen LogP contribution is 2.28. The van der Waals surface area contributed by atoms with Crippen LogP contribution in [0.3, 0.4) is 0 Å². The van der Waals surface area contributed by atoms with Gasteiger partial charge in [0.2, 0.25) is 0 Å². The van der Waals surface area contributed by atoms with E-state index in [2.05, 4.69) is 9.88 Å². The zero-order chi connectivity index (χ0) is 18.0. The van der Waals surface area contributed by atoms with Crippen molar-refractivity contribution in [2.75, 3.05) is 44.4 Å². The number of ether oxygens (including phenoxy) is 2. The van der Waals surface area contributed by atoms with E-state index in [4.69, 9.17) is 9.47 Å². The number of halogens is 1. The molecule has 1 unspecified atom stereocenters. The van der Waals surface area contributed by atoms with Crippen LogP contribution in [0.25, 0.3) is 0 Å². The Hall–Kier alpha value is -1.87. The highest BCUT2D eigenvalue weighted by atomic mass is 32.1. The predicted molar refractivity (Wildman–Crippen MR) is 95.6 cm³/mol. The number of carbonyl (C=O) groups is 1. The minimum absolute atomic E-state index is 0.00811. The lowest BCUT2D eigenvalue weighted by Crippen LogP contribution is -2.60. The van der Waals surface area contributed by atoms with Crippen LogP contribution in [0.2, 0.25) is 0 Å². The Morgan fingerprint density at radius 1 is 1.27 bits per heavy atom. The van der Waals surface area contributed by atoms with Crippen LogP contribution >= 0.6 is 11.3 Å². The number of anilines is 1. The third kappa shape index (κ3) is 3.78. The van der Waals surface area contributed by atoms with Crippen molar-refractivity contribution in [3.63, 3.8) is 0 Å². The highest BCUT2D eigenvalue weighted by Gasteiger charge is 2.43. The summed E-state index contributed by atoms with van der Waals surface area (Å²) in [4.78, 5) is 20.6. The molecule has 2 aliphatic rings. The Labute approximate surface area is 155 Å². The van der Waals surface area contributed by atoms with Gasteiger partial charge in [0.1, 0.15) is 23.0 Å². The summed E-state index contributed by atoms with van der Waals surface area (Å²) in [5.74, 6) is -0.449. The molecule has 3 heterocycles. The highest BCUT2D eigenvalue weighted by molar-refractivity contribution is 7.09. The SMILES string of the molecule is O=C1COC2(COCCN(Cc3nccs3)C2)CN1c1ccc(F)cc1. The Morgan fingerprint density at radius 2 is 2.12 bits per heavy atom. The molecule has 0 bridgehead atoms. The molecule has 2 saturated heterocycles. The molecule has 0 saturated carbocycles. The number of nitrogens with zero attached hydrogens (tertiary/aromatic N) is 3. The van der Waals surface area contributed by atoms with Crippen LogP contribution in [0, 0.1) is 5.82 Å². The van der Waals surface area contributed by atoms with Crippen molar-refractivity contribution in [2.24, 2.45) is 0 Å². The van der Waals surface area contributed by atoms with Crippen LogP contribution in [-0.2, 0) is 20.8 Å². The lowest BCUT2D eigenvalue weighted by Gasteiger charge is -2.43. The van der Waals surface area contributed by atoms with Crippen molar-refractivity contribution in [1.82, 2.24) is 9.88 Å². The molecule has 1 atom stereocenters. The lowest BCUT2D eigenvalue weighted by molar-refractivity contribution is -0.146. The average molecular weight is 377 g/mol. The van der Waals surface area contributed by atoms with Crippen molar-refractivity contribution in [3.8, 4) is 0 Å². The third-order valence-corrected chi connectivity index (χ3v) is 5.42. The van der Waals surface area contributed by atoms with E-state index < -0.39 is 5.60 Å². The Morgan fingerprint density at radius 3 is 2.88 bits per heavy atom. The van der Waals surface area contributed by atoms with Gasteiger partial charge in [0, 0.05) is 30.4 Å². The smallest absolute Gasteiger partial charge is 0.253 e. The maximum Gasteiger partial charge on any atom is 0.253 e. The number of morpholine rings is 1. The fraction of sp³-hybridized carbons (Fsp3) is 0.444. The van der Waals surface area contributed by atoms with Crippen LogP contribution < -0.4 is 4.90 Å². The first-order valence-corrected chi connectivity index (χ1v) is 9.40. The summed E-state index contributed by atoms with van der Waals surface area (Å²) in [6.45, 7) is 3.58. The molecule has 26 heavy (non-hydrogen) atoms. The third-order valence-electron chi connectivity index (χ3n) is 4.66. The second-order valence-electron chi connectivity index (χ2n) is 6.62. The summed E-state index contributed by atoms with van der Waals surface area (Å²) in [5.41, 5.74) is 0.0746. The van der Waals surface area contributed by atoms with Crippen molar-refractivity contribution in [1.29, 1.82) is 0 Å². The van der Waals surface area contributed by atoms with E-state index >= 15 is 0 Å². The number of amides is 1. The van der Waals surface area contributed by atoms with Crippen molar-refractivity contribution in [3.05, 3.63) is 46.7 Å². The van der Waals surface area contributed by atoms with Gasteiger partial charge >= 0.3 is 0 Å². The quantitative estimate of drug-likeness (QED) is 0.818. The molecule has 1 amide bonds. The van der Waals surface area contributed by atoms with E-state index in [1.54, 1.807) is 34.6 Å². The maximum atomic E-state index is 13.2. The average Bonchev–Trinajstić information content (AvgIpc) is 3.07. The number of hydrogen-bond acceptors (Lipinski definition) is 6. The van der Waals surface area contributed by atoms with Gasteiger partial charge in [-0.05, 0) is 24.3 Å². The van der Waals surface area contributed by atoms with E-state index in [0.29, 0.717) is 32.0 Å². The summed E-state index contributed by atoms with van der Waals surface area (Å²) < 4.78 is 25.0. The van der Waals surface area contributed by atoms with Crippen molar-refractivity contribution < 1.29 is 18.7 Å². The molecule has 8 heteroatoms. The summed E-state index contributed by atoms with van der Waals surface area (Å²) in [5, 5.41) is 3.01. The first-order valence-electron chi connectivity index (χ1n) is 8.52. The van der Waals surface area contributed by atoms with Crippen molar-refractivity contribution in [2.45, 2.75) is 12.1 Å². The van der Waals surface area contributed by atoms with Gasteiger partial charge in [-0.1, -0.05) is 0 Å². The second kappa shape index (κ2) is 7.40. The van der Waals surface area contributed by atoms with E-state index in [1.165, 1.54) is 12.1 Å². The molecule has 0 aliphatic carbocycles. The number of benzene rings is 1. The molecule has 138 valence electrons. The molecule has 6 nitrogen and oxygen atoms in total. The second-order valence-corrected chi connectivity index (χ2v) is 7.60. The van der Waals surface area contributed by atoms with Crippen LogP contribution in [0.4, 0.5) is 10.1 Å². The largest absolute Gasteiger partial charge is 0.377 e. The van der Waals surface area contributed by atoms with Gasteiger partial charge in [-0.2, -0.15) is 0 Å². The Balaban J connectivity index is 1.53. The van der Waals surface area contributed by atoms with Crippen LogP contribution in [0.1, 0.15) is 5.01 Å². The minimum Gasteiger partial charge on any atom is -0.377 e. The summed E-state index contributed by atoms with van der Waals surface area (Å²) in [7, 11) is 0. The molecule has 1 aromatic carbocycles. The summed E-state index contributed by atoms with van der Waals surface area (Å²) in [6.07, 6.45) is 1.80. The Bertz CT molecular complexity index is 756. The van der Waals surface area contributed by atoms with E-state index in [9.17, 15) is 9.18 Å². The number of carbonyl (C=O) groups excluding carboxylic acids is 1. The zero-order valence-corrected chi connectivity index (χ0v) is 15.1. The van der Waals surface area contributed by atoms with Gasteiger partial charge in [-0.3, -0.25) is 9.69 Å². The van der Waals surface area contributed by atoms with Gasteiger partial charge in [-0.25, -0.2) is 9.37 Å². The van der Waals surface area contributed by atoms with Gasteiger partial charge < -0.3 is 14.4 Å². The van der Waals surface area contributed by atoms with Gasteiger partial charge in [0.05, 0.1) is 26.3 Å². The molecule has 1 aromatic heterocycles. The standard InChI is InChI=1S/C18H20FN3O3S/c19-14-1-3-15(4-2-14)22-12-18(25-10-17(22)23)11-21(6-7-24-13-18)9-16-20-5-8-26-16/h1-5,8H,6-7,9-13H2. The number of thiazole rings is 1. The van der Waals surface area contributed by atoms with Crippen LogP contribution in [0.15, 0.2) is 35.8 Å². The Kier molecular flexibility index (Phi) is 4.99. The topological polar surface area (TPSA) is 54.9 Å². The lowest BCUT2D eigenvalue weighted by atomic mass is 10.0. The summed E-state index contributed by atoms with van der Waals surface area (Å²) >= 11 is 1.62. The first-order chi connectivity index (χ1) is 12.6. The number of rotatable bonds is 3. The number of hydrogen-bond donors (Lipinski definition) is 0. The first kappa shape index (κ1) is 17.5. The number of aromatic nitrogens is 1. The zero-order valence-electron chi connectivity index (χ0n) is 14.3. The molecule has 2 aliphatic heterocycles. The van der Waals surface area contributed by atoms with Crippen molar-refractivity contribution >= 4 is 22.9 Å². The van der Waals surface area contributed by atoms with Gasteiger partial charge in [-0.15, -0.1) is 11.3 Å². The fourth-order valence-corrected chi connectivity index (χ4v) is 4.05. The molecule has 0 radical (unpaired) electrons. The normalized spacial score (nSPS) is 24.8. The van der Waals surface area contributed by atoms with E-state index in [1.807, 2.05) is 5.38 Å². The molecule has 1 spiro atoms. The molecule has 2 fully saturated rings. The molecule has 0 N–H and O–H groups in total. The molecule has 4 rings (SSSR count). The molecular formula is C18H20FN3O3S. The van der Waals surface area contributed by atoms with E-state index in [-0.39, 0.29) is 18.3 Å². The summed E-state index contributed by atoms with van der Waals surface area (Å²) in [6, 6.07) is 5.97. The van der Waals surface area contributed by atoms with Crippen LogP contribution in [-0.4, -0.2) is 60.8 Å². The minimum atomic E-state index is -0.601. The van der Waals surface area contributed by atoms with E-state index in [0.717, 1.165) is 18.1 Å².